The SMILES string of the molecule is COc1ccc(NC2CC(C)N(C)C2)cn1. The number of anilines is 1. The minimum Gasteiger partial charge on any atom is -0.481 e. The molecule has 0 saturated carbocycles. The summed E-state index contributed by atoms with van der Waals surface area (Å²) in [4.78, 5) is 6.55. The molecule has 4 nitrogen and oxygen atoms in total. The van der Waals surface area contributed by atoms with Gasteiger partial charge in [0.05, 0.1) is 19.0 Å². The van der Waals surface area contributed by atoms with E-state index in [0.717, 1.165) is 12.2 Å². The lowest BCUT2D eigenvalue weighted by Crippen LogP contribution is -2.24. The lowest BCUT2D eigenvalue weighted by Gasteiger charge is -2.14. The number of ether oxygens (including phenoxy) is 1. The zero-order valence-corrected chi connectivity index (χ0v) is 10.1. The lowest BCUT2D eigenvalue weighted by molar-refractivity contribution is 0.330. The van der Waals surface area contributed by atoms with Crippen LogP contribution in [0.5, 0.6) is 5.88 Å². The van der Waals surface area contributed by atoms with E-state index in [1.165, 1.54) is 6.42 Å². The van der Waals surface area contributed by atoms with Crippen LogP contribution in [0.15, 0.2) is 18.3 Å². The largest absolute Gasteiger partial charge is 0.481 e. The van der Waals surface area contributed by atoms with Gasteiger partial charge in [-0.2, -0.15) is 0 Å². The summed E-state index contributed by atoms with van der Waals surface area (Å²) in [6.07, 6.45) is 3.00. The highest BCUT2D eigenvalue weighted by Crippen LogP contribution is 2.19. The molecule has 1 aliphatic heterocycles. The minimum atomic E-state index is 0.523. The van der Waals surface area contributed by atoms with Gasteiger partial charge in [0.15, 0.2) is 0 Å². The Labute approximate surface area is 96.6 Å². The van der Waals surface area contributed by atoms with Crippen molar-refractivity contribution in [2.45, 2.75) is 25.4 Å². The van der Waals surface area contributed by atoms with Crippen LogP contribution in [0.2, 0.25) is 0 Å². The number of pyridine rings is 1. The molecule has 4 heteroatoms. The van der Waals surface area contributed by atoms with Gasteiger partial charge in [0.2, 0.25) is 5.88 Å². The number of nitrogens with one attached hydrogen (secondary N) is 1. The molecular formula is C12H19N3O. The van der Waals surface area contributed by atoms with Crippen LogP contribution in [0.25, 0.3) is 0 Å². The van der Waals surface area contributed by atoms with Crippen LogP contribution in [0, 0.1) is 0 Å². The van der Waals surface area contributed by atoms with E-state index in [-0.39, 0.29) is 0 Å². The summed E-state index contributed by atoms with van der Waals surface area (Å²) < 4.78 is 5.03. The average molecular weight is 221 g/mol. The molecule has 0 amide bonds. The van der Waals surface area contributed by atoms with Crippen molar-refractivity contribution in [2.75, 3.05) is 26.0 Å². The first-order valence-corrected chi connectivity index (χ1v) is 5.66. The van der Waals surface area contributed by atoms with Crippen LogP contribution >= 0.6 is 0 Å². The summed E-state index contributed by atoms with van der Waals surface area (Å²) in [6.45, 7) is 3.35. The van der Waals surface area contributed by atoms with Gasteiger partial charge in [0, 0.05) is 24.7 Å². The van der Waals surface area contributed by atoms with Crippen LogP contribution in [-0.4, -0.2) is 42.7 Å². The van der Waals surface area contributed by atoms with Crippen molar-refractivity contribution in [1.82, 2.24) is 9.88 Å². The maximum absolute atomic E-state index is 5.03. The van der Waals surface area contributed by atoms with Crippen LogP contribution in [0.4, 0.5) is 5.69 Å². The predicted molar refractivity (Wildman–Crippen MR) is 64.9 cm³/mol. The monoisotopic (exact) mass is 221 g/mol. The van der Waals surface area contributed by atoms with E-state index in [1.807, 2.05) is 18.3 Å². The number of likely N-dealkylation sites (N-methyl/N-ethyl adjacent to an activating group) is 1. The van der Waals surface area contributed by atoms with E-state index >= 15 is 0 Å². The summed E-state index contributed by atoms with van der Waals surface area (Å²) in [5.41, 5.74) is 1.06. The Hall–Kier alpha value is -1.29. The van der Waals surface area contributed by atoms with E-state index in [9.17, 15) is 0 Å². The maximum Gasteiger partial charge on any atom is 0.213 e. The number of hydrogen-bond acceptors (Lipinski definition) is 4. The van der Waals surface area contributed by atoms with Crippen molar-refractivity contribution in [3.63, 3.8) is 0 Å². The van der Waals surface area contributed by atoms with Crippen molar-refractivity contribution >= 4 is 5.69 Å². The molecule has 2 heterocycles. The van der Waals surface area contributed by atoms with Gasteiger partial charge in [-0.15, -0.1) is 0 Å². The number of hydrogen-bond donors (Lipinski definition) is 1. The quantitative estimate of drug-likeness (QED) is 0.841. The molecule has 1 N–H and O–H groups in total. The van der Waals surface area contributed by atoms with Crippen molar-refractivity contribution in [3.05, 3.63) is 18.3 Å². The predicted octanol–water partition coefficient (Wildman–Crippen LogP) is 1.59. The molecule has 1 aliphatic rings. The van der Waals surface area contributed by atoms with E-state index in [1.54, 1.807) is 7.11 Å². The molecule has 0 bridgehead atoms. The van der Waals surface area contributed by atoms with Gasteiger partial charge in [0.1, 0.15) is 0 Å². The van der Waals surface area contributed by atoms with Crippen LogP contribution < -0.4 is 10.1 Å². The molecule has 2 atom stereocenters. The van der Waals surface area contributed by atoms with Gasteiger partial charge in [-0.05, 0) is 26.5 Å². The molecule has 2 unspecified atom stereocenters. The molecule has 16 heavy (non-hydrogen) atoms. The van der Waals surface area contributed by atoms with Gasteiger partial charge in [0.25, 0.3) is 0 Å². The second kappa shape index (κ2) is 4.70. The molecule has 0 radical (unpaired) electrons. The smallest absolute Gasteiger partial charge is 0.213 e. The summed E-state index contributed by atoms with van der Waals surface area (Å²) in [6, 6.07) is 5.07. The third-order valence-electron chi connectivity index (χ3n) is 3.20. The van der Waals surface area contributed by atoms with Crippen molar-refractivity contribution in [3.8, 4) is 5.88 Å². The fourth-order valence-corrected chi connectivity index (χ4v) is 2.12. The number of nitrogens with zero attached hydrogens (tertiary/aromatic N) is 2. The van der Waals surface area contributed by atoms with E-state index in [0.29, 0.717) is 18.0 Å². The zero-order valence-electron chi connectivity index (χ0n) is 10.1. The van der Waals surface area contributed by atoms with E-state index < -0.39 is 0 Å². The molecule has 0 aliphatic carbocycles. The Kier molecular flexibility index (Phi) is 3.29. The minimum absolute atomic E-state index is 0.523. The number of likely N-dealkylation sites (tertiary alicyclic amines) is 1. The molecule has 0 spiro atoms. The first-order valence-electron chi connectivity index (χ1n) is 5.66. The number of aromatic nitrogens is 1. The normalized spacial score (nSPS) is 25.7. The fraction of sp³-hybridized carbons (Fsp3) is 0.583. The van der Waals surface area contributed by atoms with Gasteiger partial charge in [-0.3, -0.25) is 0 Å². The Balaban J connectivity index is 1.94. The first-order chi connectivity index (χ1) is 7.69. The summed E-state index contributed by atoms with van der Waals surface area (Å²) >= 11 is 0. The molecule has 1 fully saturated rings. The Morgan fingerprint density at radius 2 is 2.31 bits per heavy atom. The molecular weight excluding hydrogens is 202 g/mol. The third kappa shape index (κ3) is 2.44. The Morgan fingerprint density at radius 1 is 1.50 bits per heavy atom. The van der Waals surface area contributed by atoms with Gasteiger partial charge < -0.3 is 15.0 Å². The highest BCUT2D eigenvalue weighted by atomic mass is 16.5. The third-order valence-corrected chi connectivity index (χ3v) is 3.20. The Morgan fingerprint density at radius 3 is 2.81 bits per heavy atom. The molecule has 2 rings (SSSR count). The molecule has 88 valence electrons. The summed E-state index contributed by atoms with van der Waals surface area (Å²) in [5, 5.41) is 3.49. The van der Waals surface area contributed by atoms with E-state index in [4.69, 9.17) is 4.74 Å². The second-order valence-electron chi connectivity index (χ2n) is 4.45. The topological polar surface area (TPSA) is 37.4 Å². The molecule has 1 saturated heterocycles. The van der Waals surface area contributed by atoms with Crippen LogP contribution in [0.3, 0.4) is 0 Å². The van der Waals surface area contributed by atoms with Gasteiger partial charge >= 0.3 is 0 Å². The number of rotatable bonds is 3. The second-order valence-corrected chi connectivity index (χ2v) is 4.45. The highest BCUT2D eigenvalue weighted by Gasteiger charge is 2.25. The Bertz CT molecular complexity index is 329. The highest BCUT2D eigenvalue weighted by molar-refractivity contribution is 5.43. The average Bonchev–Trinajstić information content (AvgIpc) is 2.59. The van der Waals surface area contributed by atoms with Crippen LogP contribution in [-0.2, 0) is 0 Å². The standard InChI is InChI=1S/C12H19N3O/c1-9-6-11(8-15(9)2)14-10-4-5-12(16-3)13-7-10/h4-5,7,9,11,14H,6,8H2,1-3H3. The maximum atomic E-state index is 5.03. The first kappa shape index (κ1) is 11.2. The molecule has 1 aromatic heterocycles. The van der Waals surface area contributed by atoms with Crippen molar-refractivity contribution in [1.29, 1.82) is 0 Å². The van der Waals surface area contributed by atoms with Gasteiger partial charge in [-0.1, -0.05) is 0 Å². The van der Waals surface area contributed by atoms with E-state index in [2.05, 4.69) is 29.2 Å². The number of methoxy groups -OCH3 is 1. The zero-order chi connectivity index (χ0) is 11.5. The lowest BCUT2D eigenvalue weighted by atomic mass is 10.2. The van der Waals surface area contributed by atoms with Gasteiger partial charge in [-0.25, -0.2) is 4.98 Å². The summed E-state index contributed by atoms with van der Waals surface area (Å²) in [7, 11) is 3.79. The van der Waals surface area contributed by atoms with Crippen LogP contribution in [0.1, 0.15) is 13.3 Å². The fourth-order valence-electron chi connectivity index (χ4n) is 2.12. The van der Waals surface area contributed by atoms with Crippen molar-refractivity contribution < 1.29 is 4.74 Å². The molecule has 1 aromatic rings. The molecule has 0 aromatic carbocycles. The summed E-state index contributed by atoms with van der Waals surface area (Å²) in [5.74, 6) is 0.655. The van der Waals surface area contributed by atoms with Crippen molar-refractivity contribution in [2.24, 2.45) is 0 Å².